The fraction of sp³-hybridized carbons (Fsp3) is 0.229. The molecule has 1 fully saturated rings. The number of pyridine rings is 1. The molecule has 2 aliphatic heterocycles. The zero-order chi connectivity index (χ0) is 31.5. The van der Waals surface area contributed by atoms with Crippen molar-refractivity contribution in [3.8, 4) is 11.5 Å². The minimum Gasteiger partial charge on any atom is -0.495 e. The van der Waals surface area contributed by atoms with Gasteiger partial charge in [0.1, 0.15) is 11.5 Å². The van der Waals surface area contributed by atoms with Gasteiger partial charge in [0.05, 0.1) is 36.3 Å². The number of ether oxygens (including phenoxy) is 2. The second kappa shape index (κ2) is 12.9. The molecule has 2 atom stereocenters. The largest absolute Gasteiger partial charge is 0.495 e. The quantitative estimate of drug-likeness (QED) is 0.232. The van der Waals surface area contributed by atoms with Crippen LogP contribution in [0.3, 0.4) is 0 Å². The van der Waals surface area contributed by atoms with Gasteiger partial charge in [0.2, 0.25) is 5.91 Å². The van der Waals surface area contributed by atoms with E-state index in [1.54, 1.807) is 36.4 Å². The molecule has 9 nitrogen and oxygen atoms in total. The first-order chi connectivity index (χ1) is 21.8. The zero-order valence-electron chi connectivity index (χ0n) is 25.0. The summed E-state index contributed by atoms with van der Waals surface area (Å²) in [5, 5.41) is 6.20. The fourth-order valence-electron chi connectivity index (χ4n) is 6.21. The Morgan fingerprint density at radius 3 is 2.44 bits per heavy atom. The monoisotopic (exact) mass is 624 g/mol. The van der Waals surface area contributed by atoms with Gasteiger partial charge in [-0.2, -0.15) is 0 Å². The van der Waals surface area contributed by atoms with Crippen LogP contribution in [-0.2, 0) is 11.3 Å². The van der Waals surface area contributed by atoms with Crippen molar-refractivity contribution < 1.29 is 19.1 Å². The van der Waals surface area contributed by atoms with Crippen molar-refractivity contribution in [2.24, 2.45) is 5.92 Å². The number of nitrogens with zero attached hydrogens (tertiary/aromatic N) is 2. The molecule has 0 spiro atoms. The Labute approximate surface area is 266 Å². The third-order valence-corrected chi connectivity index (χ3v) is 8.58. The molecule has 10 heteroatoms. The van der Waals surface area contributed by atoms with Gasteiger partial charge in [0.15, 0.2) is 0 Å². The number of halogens is 1. The van der Waals surface area contributed by atoms with Crippen LogP contribution in [-0.4, -0.2) is 43.7 Å². The number of aromatic nitrogens is 1. The fourth-order valence-corrected chi connectivity index (χ4v) is 6.45. The van der Waals surface area contributed by atoms with E-state index >= 15 is 0 Å². The van der Waals surface area contributed by atoms with E-state index in [1.807, 2.05) is 53.1 Å². The number of rotatable bonds is 8. The third-order valence-electron chi connectivity index (χ3n) is 8.29. The highest BCUT2D eigenvalue weighted by molar-refractivity contribution is 6.32. The molecular weight excluding hydrogens is 592 g/mol. The highest BCUT2D eigenvalue weighted by Crippen LogP contribution is 2.40. The Morgan fingerprint density at radius 1 is 0.867 bits per heavy atom. The van der Waals surface area contributed by atoms with Crippen molar-refractivity contribution in [3.05, 3.63) is 117 Å². The van der Waals surface area contributed by atoms with Crippen LogP contribution in [0.2, 0.25) is 5.02 Å². The lowest BCUT2D eigenvalue weighted by atomic mass is 9.83. The number of piperidine rings is 1. The highest BCUT2D eigenvalue weighted by Gasteiger charge is 2.35. The van der Waals surface area contributed by atoms with E-state index in [9.17, 15) is 14.4 Å². The summed E-state index contributed by atoms with van der Waals surface area (Å²) in [7, 11) is 2.99. The summed E-state index contributed by atoms with van der Waals surface area (Å²) < 4.78 is 12.6. The lowest BCUT2D eigenvalue weighted by molar-refractivity contribution is -0.111. The van der Waals surface area contributed by atoms with Gasteiger partial charge < -0.3 is 29.6 Å². The predicted molar refractivity (Wildman–Crippen MR) is 177 cm³/mol. The molecule has 4 aromatic rings. The average molecular weight is 625 g/mol. The molecule has 3 heterocycles. The van der Waals surface area contributed by atoms with Gasteiger partial charge in [-0.15, -0.1) is 0 Å². The third kappa shape index (κ3) is 6.44. The van der Waals surface area contributed by atoms with Crippen molar-refractivity contribution in [3.63, 3.8) is 0 Å². The number of methoxy groups -OCH3 is 2. The summed E-state index contributed by atoms with van der Waals surface area (Å²) in [5.41, 5.74) is 3.98. The van der Waals surface area contributed by atoms with E-state index in [0.717, 1.165) is 23.4 Å². The molecule has 6 rings (SSSR count). The predicted octanol–water partition coefficient (Wildman–Crippen LogP) is 6.05. The maximum Gasteiger partial charge on any atom is 0.255 e. The lowest BCUT2D eigenvalue weighted by Crippen LogP contribution is -2.47. The first-order valence-corrected chi connectivity index (χ1v) is 15.1. The number of hydrogen-bond donors (Lipinski definition) is 2. The second-order valence-corrected chi connectivity index (χ2v) is 11.6. The van der Waals surface area contributed by atoms with Crippen molar-refractivity contribution in [1.29, 1.82) is 0 Å². The van der Waals surface area contributed by atoms with Crippen LogP contribution in [0.25, 0.3) is 6.08 Å². The summed E-state index contributed by atoms with van der Waals surface area (Å²) in [6.07, 6.45) is 4.21. The molecule has 0 aliphatic carbocycles. The van der Waals surface area contributed by atoms with E-state index in [1.165, 1.54) is 20.3 Å². The molecule has 0 radical (unpaired) electrons. The van der Waals surface area contributed by atoms with Crippen LogP contribution in [0.5, 0.6) is 11.5 Å². The van der Waals surface area contributed by atoms with Crippen LogP contribution < -0.4 is 30.6 Å². The van der Waals surface area contributed by atoms with Crippen LogP contribution in [0.1, 0.15) is 34.0 Å². The number of amides is 2. The molecule has 1 aromatic heterocycles. The minimum absolute atomic E-state index is 0.0268. The van der Waals surface area contributed by atoms with Crippen LogP contribution >= 0.6 is 11.6 Å². The number of carbonyl (C=O) groups is 2. The van der Waals surface area contributed by atoms with E-state index in [-0.39, 0.29) is 23.3 Å². The topological polar surface area (TPSA) is 102 Å². The number of nitrogens with one attached hydrogen (secondary N) is 2. The first-order valence-electron chi connectivity index (χ1n) is 14.7. The van der Waals surface area contributed by atoms with Crippen molar-refractivity contribution >= 4 is 46.6 Å². The van der Waals surface area contributed by atoms with E-state index < -0.39 is 5.91 Å². The molecule has 0 unspecified atom stereocenters. The Morgan fingerprint density at radius 2 is 1.67 bits per heavy atom. The maximum absolute atomic E-state index is 13.5. The molecule has 0 saturated carbocycles. The zero-order valence-corrected chi connectivity index (χ0v) is 25.7. The molecule has 1 saturated heterocycles. The number of hydrogen-bond acceptors (Lipinski definition) is 6. The molecule has 3 aromatic carbocycles. The summed E-state index contributed by atoms with van der Waals surface area (Å²) in [6.45, 7) is 2.04. The summed E-state index contributed by atoms with van der Waals surface area (Å²) in [4.78, 5) is 41.5. The molecule has 2 N–H and O–H groups in total. The second-order valence-electron chi connectivity index (χ2n) is 11.2. The SMILES string of the molecule is COc1cc(OC)c(NC(=O)c2ccc(N3C[C@H]4C[C@@H](C3)c3cccc(=O)n3C4)c(NC(=O)/C=C/c3ccccc3)c2)cc1Cl. The molecule has 230 valence electrons. The smallest absolute Gasteiger partial charge is 0.255 e. The minimum atomic E-state index is -0.403. The number of fused-ring (bicyclic) bond motifs is 4. The standard InChI is InChI=1S/C35H33ClN4O5/c1-44-31-18-32(45-2)28(17-26(31)36)38-35(43)24-12-13-30(27(16-24)37-33(41)14-11-22-7-4-3-5-8-22)39-19-23-15-25(21-39)29-9-6-10-34(42)40(29)20-23/h3-14,16-18,23,25H,15,19-21H2,1-2H3,(H,37,41)(H,38,43)/b14-11+/t23-,25+/m1/s1. The number of carbonyl (C=O) groups excluding carboxylic acids is 2. The van der Waals surface area contributed by atoms with Crippen molar-refractivity contribution in [1.82, 2.24) is 4.57 Å². The Hall–Kier alpha value is -5.02. The summed E-state index contributed by atoms with van der Waals surface area (Å²) in [5.74, 6) is 0.523. The molecule has 2 aliphatic rings. The molecule has 2 bridgehead atoms. The number of anilines is 3. The van der Waals surface area contributed by atoms with E-state index in [4.69, 9.17) is 21.1 Å². The van der Waals surface area contributed by atoms with Gasteiger partial charge in [-0.1, -0.05) is 48.0 Å². The van der Waals surface area contributed by atoms with E-state index in [2.05, 4.69) is 15.5 Å². The van der Waals surface area contributed by atoms with Crippen molar-refractivity contribution in [2.45, 2.75) is 18.9 Å². The van der Waals surface area contributed by atoms with Gasteiger partial charge in [-0.3, -0.25) is 14.4 Å². The first kappa shape index (κ1) is 30.0. The summed E-state index contributed by atoms with van der Waals surface area (Å²) >= 11 is 6.32. The maximum atomic E-state index is 13.5. The Bertz CT molecular complexity index is 1840. The molecule has 45 heavy (non-hydrogen) atoms. The van der Waals surface area contributed by atoms with Crippen molar-refractivity contribution in [2.75, 3.05) is 42.8 Å². The summed E-state index contributed by atoms with van der Waals surface area (Å²) in [6, 6.07) is 23.4. The average Bonchev–Trinajstić information content (AvgIpc) is 3.05. The molecular formula is C35H33ClN4O5. The Kier molecular flexibility index (Phi) is 8.62. The van der Waals surface area contributed by atoms with Crippen LogP contribution in [0.4, 0.5) is 17.1 Å². The van der Waals surface area contributed by atoms with Gasteiger partial charge >= 0.3 is 0 Å². The number of benzene rings is 3. The normalized spacial score (nSPS) is 17.0. The van der Waals surface area contributed by atoms with Crippen LogP contribution in [0, 0.1) is 5.92 Å². The lowest BCUT2D eigenvalue weighted by Gasteiger charge is -2.44. The van der Waals surface area contributed by atoms with Gasteiger partial charge in [0, 0.05) is 55.0 Å². The van der Waals surface area contributed by atoms with Gasteiger partial charge in [-0.05, 0) is 54.3 Å². The van der Waals surface area contributed by atoms with Gasteiger partial charge in [0.25, 0.3) is 11.5 Å². The van der Waals surface area contributed by atoms with Crippen LogP contribution in [0.15, 0.2) is 89.7 Å². The Balaban J connectivity index is 1.31. The highest BCUT2D eigenvalue weighted by atomic mass is 35.5. The molecule has 2 amide bonds. The van der Waals surface area contributed by atoms with E-state index in [0.29, 0.717) is 53.1 Å². The van der Waals surface area contributed by atoms with Gasteiger partial charge in [-0.25, -0.2) is 0 Å².